The molecule has 0 heterocycles. The van der Waals surface area contributed by atoms with Crippen LogP contribution >= 0.6 is 0 Å². The van der Waals surface area contributed by atoms with Crippen molar-refractivity contribution >= 4 is 12.1 Å². The van der Waals surface area contributed by atoms with E-state index in [2.05, 4.69) is 5.32 Å². The Labute approximate surface area is 124 Å². The number of hydrogen-bond acceptors (Lipinski definition) is 4. The fraction of sp³-hybridized carbons (Fsp3) is 0.467. The highest BCUT2D eigenvalue weighted by Gasteiger charge is 2.25. The van der Waals surface area contributed by atoms with Gasteiger partial charge in [-0.3, -0.25) is 0 Å². The number of hydrogen-bond donors (Lipinski definition) is 2. The number of aryl methyl sites for hydroxylation is 1. The highest BCUT2D eigenvalue weighted by molar-refractivity contribution is 5.81. The van der Waals surface area contributed by atoms with Gasteiger partial charge in [-0.05, 0) is 51.0 Å². The number of nitrogens with one attached hydrogen (secondary N) is 1. The van der Waals surface area contributed by atoms with Crippen LogP contribution in [0.15, 0.2) is 18.2 Å². The largest absolute Gasteiger partial charge is 0.496 e. The number of amides is 1. The summed E-state index contributed by atoms with van der Waals surface area (Å²) in [5, 5.41) is 11.6. The molecule has 0 aromatic heterocycles. The van der Waals surface area contributed by atoms with Crippen molar-refractivity contribution in [2.75, 3.05) is 7.11 Å². The maximum Gasteiger partial charge on any atom is 0.408 e. The number of carbonyl (C=O) groups is 2. The van der Waals surface area contributed by atoms with Gasteiger partial charge in [0.15, 0.2) is 6.04 Å². The molecule has 0 spiro atoms. The van der Waals surface area contributed by atoms with E-state index in [0.717, 1.165) is 5.56 Å². The fourth-order valence-corrected chi connectivity index (χ4v) is 1.79. The van der Waals surface area contributed by atoms with Crippen LogP contribution in [0.3, 0.4) is 0 Å². The summed E-state index contributed by atoms with van der Waals surface area (Å²) >= 11 is 0. The first-order valence-electron chi connectivity index (χ1n) is 6.51. The highest BCUT2D eigenvalue weighted by atomic mass is 16.6. The van der Waals surface area contributed by atoms with Crippen LogP contribution in [0.1, 0.15) is 37.9 Å². The molecule has 1 aromatic carbocycles. The second-order valence-electron chi connectivity index (χ2n) is 5.65. The lowest BCUT2D eigenvalue weighted by molar-refractivity contribution is -0.139. The van der Waals surface area contributed by atoms with E-state index in [4.69, 9.17) is 9.47 Å². The molecule has 0 aliphatic heterocycles. The molecule has 0 radical (unpaired) electrons. The van der Waals surface area contributed by atoms with Crippen molar-refractivity contribution in [3.05, 3.63) is 29.3 Å². The van der Waals surface area contributed by atoms with Crippen molar-refractivity contribution < 1.29 is 24.2 Å². The van der Waals surface area contributed by atoms with Gasteiger partial charge in [0.2, 0.25) is 0 Å². The Bertz CT molecular complexity index is 533. The minimum Gasteiger partial charge on any atom is -0.496 e. The molecular weight excluding hydrogens is 274 g/mol. The Kier molecular flexibility index (Phi) is 5.18. The van der Waals surface area contributed by atoms with E-state index in [1.807, 2.05) is 0 Å². The van der Waals surface area contributed by atoms with Crippen LogP contribution in [-0.2, 0) is 9.53 Å². The summed E-state index contributed by atoms with van der Waals surface area (Å²) in [7, 11) is 1.54. The minimum absolute atomic E-state index is 0.451. The zero-order chi connectivity index (χ0) is 16.2. The number of carboxylic acids is 1. The summed E-state index contributed by atoms with van der Waals surface area (Å²) < 4.78 is 10.2. The third kappa shape index (κ3) is 4.98. The predicted octanol–water partition coefficient (Wildman–Crippen LogP) is 2.65. The van der Waals surface area contributed by atoms with Crippen molar-refractivity contribution in [3.63, 3.8) is 0 Å². The SMILES string of the molecule is COc1ccc(C(NC(=O)OC(C)(C)C)C(=O)O)cc1C. The monoisotopic (exact) mass is 295 g/mol. The van der Waals surface area contributed by atoms with Crippen molar-refractivity contribution in [1.82, 2.24) is 5.32 Å². The van der Waals surface area contributed by atoms with Gasteiger partial charge >= 0.3 is 12.1 Å². The molecule has 0 aliphatic rings. The first kappa shape index (κ1) is 16.8. The van der Waals surface area contributed by atoms with Gasteiger partial charge in [-0.2, -0.15) is 0 Å². The lowest BCUT2D eigenvalue weighted by Gasteiger charge is -2.22. The highest BCUT2D eigenvalue weighted by Crippen LogP contribution is 2.23. The van der Waals surface area contributed by atoms with Crippen LogP contribution in [0.25, 0.3) is 0 Å². The van der Waals surface area contributed by atoms with Gasteiger partial charge in [-0.25, -0.2) is 9.59 Å². The standard InChI is InChI=1S/C15H21NO5/c1-9-8-10(6-7-11(9)20-5)12(13(17)18)16-14(19)21-15(2,3)4/h6-8,12H,1-5H3,(H,16,19)(H,17,18). The summed E-state index contributed by atoms with van der Waals surface area (Å²) in [5.41, 5.74) is 0.544. The summed E-state index contributed by atoms with van der Waals surface area (Å²) in [5.74, 6) is -0.509. The van der Waals surface area contributed by atoms with E-state index < -0.39 is 23.7 Å². The molecule has 21 heavy (non-hydrogen) atoms. The quantitative estimate of drug-likeness (QED) is 0.892. The molecule has 1 atom stereocenters. The molecule has 2 N–H and O–H groups in total. The van der Waals surface area contributed by atoms with Gasteiger partial charge in [0.25, 0.3) is 0 Å². The predicted molar refractivity (Wildman–Crippen MR) is 77.5 cm³/mol. The van der Waals surface area contributed by atoms with Gasteiger partial charge in [-0.1, -0.05) is 6.07 Å². The van der Waals surface area contributed by atoms with Crippen LogP contribution in [0.2, 0.25) is 0 Å². The van der Waals surface area contributed by atoms with Gasteiger partial charge in [0.1, 0.15) is 11.4 Å². The Hall–Kier alpha value is -2.24. The number of carboxylic acid groups (broad SMARTS) is 1. The molecule has 6 heteroatoms. The number of carbonyl (C=O) groups excluding carboxylic acids is 1. The molecule has 1 rings (SSSR count). The zero-order valence-electron chi connectivity index (χ0n) is 12.9. The molecule has 1 aromatic rings. The fourth-order valence-electron chi connectivity index (χ4n) is 1.79. The van der Waals surface area contributed by atoms with E-state index in [9.17, 15) is 14.7 Å². The van der Waals surface area contributed by atoms with Crippen molar-refractivity contribution in [2.45, 2.75) is 39.3 Å². The summed E-state index contributed by atoms with van der Waals surface area (Å²) in [6.07, 6.45) is -0.775. The third-order valence-electron chi connectivity index (χ3n) is 2.66. The third-order valence-corrected chi connectivity index (χ3v) is 2.66. The smallest absolute Gasteiger partial charge is 0.408 e. The average Bonchev–Trinajstić information content (AvgIpc) is 2.33. The Morgan fingerprint density at radius 1 is 1.29 bits per heavy atom. The number of methoxy groups -OCH3 is 1. The molecule has 0 saturated carbocycles. The Morgan fingerprint density at radius 3 is 2.33 bits per heavy atom. The normalized spacial score (nSPS) is 12.4. The molecule has 116 valence electrons. The van der Waals surface area contributed by atoms with E-state index in [1.54, 1.807) is 45.9 Å². The van der Waals surface area contributed by atoms with Crippen LogP contribution in [0, 0.1) is 6.92 Å². The maximum atomic E-state index is 11.7. The van der Waals surface area contributed by atoms with Gasteiger partial charge in [-0.15, -0.1) is 0 Å². The molecule has 1 unspecified atom stereocenters. The van der Waals surface area contributed by atoms with E-state index in [1.165, 1.54) is 7.11 Å². The van der Waals surface area contributed by atoms with E-state index >= 15 is 0 Å². The lowest BCUT2D eigenvalue weighted by atomic mass is 10.0. The van der Waals surface area contributed by atoms with E-state index in [-0.39, 0.29) is 0 Å². The van der Waals surface area contributed by atoms with Gasteiger partial charge in [0, 0.05) is 0 Å². The van der Waals surface area contributed by atoms with Crippen LogP contribution in [0.4, 0.5) is 4.79 Å². The average molecular weight is 295 g/mol. The second kappa shape index (κ2) is 6.47. The number of aliphatic carboxylic acids is 1. The minimum atomic E-state index is -1.18. The molecular formula is C15H21NO5. The summed E-state index contributed by atoms with van der Waals surface area (Å²) in [6.45, 7) is 6.92. The number of benzene rings is 1. The zero-order valence-corrected chi connectivity index (χ0v) is 12.9. The summed E-state index contributed by atoms with van der Waals surface area (Å²) in [6, 6.07) is 3.75. The molecule has 0 aliphatic carbocycles. The number of rotatable bonds is 4. The lowest BCUT2D eigenvalue weighted by Crippen LogP contribution is -2.38. The van der Waals surface area contributed by atoms with Gasteiger partial charge < -0.3 is 19.9 Å². The first-order valence-corrected chi connectivity index (χ1v) is 6.51. The molecule has 0 fully saturated rings. The van der Waals surface area contributed by atoms with Gasteiger partial charge in [0.05, 0.1) is 7.11 Å². The van der Waals surface area contributed by atoms with Crippen molar-refractivity contribution in [3.8, 4) is 5.75 Å². The van der Waals surface area contributed by atoms with Crippen LogP contribution < -0.4 is 10.1 Å². The van der Waals surface area contributed by atoms with Crippen LogP contribution in [-0.4, -0.2) is 29.9 Å². The van der Waals surface area contributed by atoms with Crippen molar-refractivity contribution in [1.29, 1.82) is 0 Å². The topological polar surface area (TPSA) is 84.9 Å². The summed E-state index contributed by atoms with van der Waals surface area (Å²) in [4.78, 5) is 23.1. The Morgan fingerprint density at radius 2 is 1.90 bits per heavy atom. The maximum absolute atomic E-state index is 11.7. The van der Waals surface area contributed by atoms with E-state index in [0.29, 0.717) is 11.3 Å². The molecule has 0 saturated heterocycles. The Balaban J connectivity index is 2.95. The molecule has 6 nitrogen and oxygen atoms in total. The van der Waals surface area contributed by atoms with Crippen LogP contribution in [0.5, 0.6) is 5.75 Å². The number of ether oxygens (including phenoxy) is 2. The van der Waals surface area contributed by atoms with Crippen molar-refractivity contribution in [2.24, 2.45) is 0 Å². The second-order valence-corrected chi connectivity index (χ2v) is 5.65. The molecule has 1 amide bonds. The molecule has 0 bridgehead atoms. The first-order chi connectivity index (χ1) is 9.64. The number of alkyl carbamates (subject to hydrolysis) is 1.